The van der Waals surface area contributed by atoms with Crippen molar-refractivity contribution in [3.8, 4) is 11.8 Å². The van der Waals surface area contributed by atoms with Gasteiger partial charge in [-0.25, -0.2) is 0 Å². The first-order valence-corrected chi connectivity index (χ1v) is 4.77. The van der Waals surface area contributed by atoms with Crippen molar-refractivity contribution in [2.45, 2.75) is 6.92 Å². The molecule has 0 N–H and O–H groups in total. The smallest absolute Gasteiger partial charge is 0.359 e. The van der Waals surface area contributed by atoms with Gasteiger partial charge in [-0.05, 0) is 29.4 Å². The molecular formula is C11H8N2O3. The van der Waals surface area contributed by atoms with Gasteiger partial charge in [0.2, 0.25) is 5.89 Å². The van der Waals surface area contributed by atoms with Gasteiger partial charge in [0.15, 0.2) is 0 Å². The standard InChI is InChI=1S/C11H8N2O3/c1-7-12-11(13-16-7)15-9-2-3-10-8(6-9)4-5-14-10/h2-6H,1H3. The van der Waals surface area contributed by atoms with Crippen molar-refractivity contribution in [1.82, 2.24) is 10.1 Å². The Morgan fingerprint density at radius 2 is 2.19 bits per heavy atom. The summed E-state index contributed by atoms with van der Waals surface area (Å²) in [4.78, 5) is 3.95. The third-order valence-electron chi connectivity index (χ3n) is 2.14. The SMILES string of the molecule is Cc1nc(Oc2ccc3occc3c2)no1. The number of aryl methyl sites for hydroxylation is 1. The molecule has 5 nitrogen and oxygen atoms in total. The molecule has 0 aliphatic heterocycles. The molecule has 0 spiro atoms. The summed E-state index contributed by atoms with van der Waals surface area (Å²) >= 11 is 0. The van der Waals surface area contributed by atoms with E-state index in [0.717, 1.165) is 11.0 Å². The van der Waals surface area contributed by atoms with Gasteiger partial charge < -0.3 is 13.7 Å². The van der Waals surface area contributed by atoms with Crippen LogP contribution in [-0.2, 0) is 0 Å². The van der Waals surface area contributed by atoms with Crippen LogP contribution in [0.4, 0.5) is 0 Å². The predicted octanol–water partition coefficient (Wildman–Crippen LogP) is 2.92. The quantitative estimate of drug-likeness (QED) is 0.659. The molecule has 0 radical (unpaired) electrons. The van der Waals surface area contributed by atoms with E-state index in [1.54, 1.807) is 19.3 Å². The van der Waals surface area contributed by atoms with Crippen LogP contribution in [0.2, 0.25) is 0 Å². The molecule has 80 valence electrons. The maximum Gasteiger partial charge on any atom is 0.359 e. The van der Waals surface area contributed by atoms with Crippen molar-refractivity contribution in [3.05, 3.63) is 36.4 Å². The zero-order valence-corrected chi connectivity index (χ0v) is 8.51. The third-order valence-corrected chi connectivity index (χ3v) is 2.14. The van der Waals surface area contributed by atoms with E-state index in [2.05, 4.69) is 10.1 Å². The Labute approximate surface area is 90.6 Å². The largest absolute Gasteiger partial charge is 0.464 e. The van der Waals surface area contributed by atoms with Crippen molar-refractivity contribution in [2.24, 2.45) is 0 Å². The van der Waals surface area contributed by atoms with Crippen LogP contribution in [0.25, 0.3) is 11.0 Å². The Bertz CT molecular complexity index is 627. The highest BCUT2D eigenvalue weighted by molar-refractivity contribution is 5.78. The molecule has 5 heteroatoms. The zero-order valence-electron chi connectivity index (χ0n) is 8.51. The molecule has 0 aliphatic carbocycles. The summed E-state index contributed by atoms with van der Waals surface area (Å²) in [6.07, 6.45) is 1.63. The fourth-order valence-electron chi connectivity index (χ4n) is 1.44. The molecule has 0 unspecified atom stereocenters. The molecule has 0 amide bonds. The second-order valence-electron chi connectivity index (χ2n) is 3.32. The van der Waals surface area contributed by atoms with Gasteiger partial charge in [0, 0.05) is 12.3 Å². The van der Waals surface area contributed by atoms with E-state index in [1.807, 2.05) is 18.2 Å². The van der Waals surface area contributed by atoms with Crippen LogP contribution >= 0.6 is 0 Å². The lowest BCUT2D eigenvalue weighted by Crippen LogP contribution is -1.85. The summed E-state index contributed by atoms with van der Waals surface area (Å²) in [5, 5.41) is 4.62. The molecule has 0 aliphatic rings. The maximum atomic E-state index is 5.42. The van der Waals surface area contributed by atoms with E-state index < -0.39 is 0 Å². The van der Waals surface area contributed by atoms with E-state index in [9.17, 15) is 0 Å². The first-order valence-electron chi connectivity index (χ1n) is 4.77. The Kier molecular flexibility index (Phi) is 1.89. The Morgan fingerprint density at radius 1 is 1.25 bits per heavy atom. The van der Waals surface area contributed by atoms with Gasteiger partial charge in [-0.2, -0.15) is 4.98 Å². The fourth-order valence-corrected chi connectivity index (χ4v) is 1.44. The molecule has 2 heterocycles. The Hall–Kier alpha value is -2.30. The van der Waals surface area contributed by atoms with Crippen LogP contribution in [0.3, 0.4) is 0 Å². The first kappa shape index (κ1) is 8.96. The molecule has 0 saturated heterocycles. The highest BCUT2D eigenvalue weighted by atomic mass is 16.6. The van der Waals surface area contributed by atoms with Crippen molar-refractivity contribution in [1.29, 1.82) is 0 Å². The molecular weight excluding hydrogens is 208 g/mol. The predicted molar refractivity (Wildman–Crippen MR) is 55.3 cm³/mol. The molecule has 0 fully saturated rings. The topological polar surface area (TPSA) is 61.3 Å². The lowest BCUT2D eigenvalue weighted by atomic mass is 10.2. The number of nitrogens with zero attached hydrogens (tertiary/aromatic N) is 2. The second-order valence-corrected chi connectivity index (χ2v) is 3.32. The first-order chi connectivity index (χ1) is 7.81. The molecule has 3 rings (SSSR count). The van der Waals surface area contributed by atoms with Gasteiger partial charge in [-0.3, -0.25) is 0 Å². The molecule has 3 aromatic rings. The summed E-state index contributed by atoms with van der Waals surface area (Å²) < 4.78 is 15.4. The molecule has 16 heavy (non-hydrogen) atoms. The Balaban J connectivity index is 1.94. The zero-order chi connectivity index (χ0) is 11.0. The Morgan fingerprint density at radius 3 is 3.00 bits per heavy atom. The maximum absolute atomic E-state index is 5.42. The van der Waals surface area contributed by atoms with E-state index >= 15 is 0 Å². The second kappa shape index (κ2) is 3.37. The lowest BCUT2D eigenvalue weighted by Gasteiger charge is -1.98. The third kappa shape index (κ3) is 1.52. The minimum Gasteiger partial charge on any atom is -0.464 e. The number of aromatic nitrogens is 2. The van der Waals surface area contributed by atoms with Crippen LogP contribution in [0.1, 0.15) is 5.89 Å². The van der Waals surface area contributed by atoms with Crippen molar-refractivity contribution in [3.63, 3.8) is 0 Å². The average molecular weight is 216 g/mol. The molecule has 2 aromatic heterocycles. The van der Waals surface area contributed by atoms with Gasteiger partial charge in [-0.1, -0.05) is 0 Å². The normalized spacial score (nSPS) is 10.8. The molecule has 0 saturated carbocycles. The van der Waals surface area contributed by atoms with Crippen LogP contribution in [0, 0.1) is 6.92 Å². The van der Waals surface area contributed by atoms with E-state index in [1.165, 1.54) is 0 Å². The molecule has 0 bridgehead atoms. The summed E-state index contributed by atoms with van der Waals surface area (Å²) in [6.45, 7) is 1.71. The van der Waals surface area contributed by atoms with Gasteiger partial charge in [0.1, 0.15) is 11.3 Å². The van der Waals surface area contributed by atoms with Gasteiger partial charge in [-0.15, -0.1) is 0 Å². The number of fused-ring (bicyclic) bond motifs is 1. The number of furan rings is 1. The summed E-state index contributed by atoms with van der Waals surface area (Å²) in [5.41, 5.74) is 0.816. The van der Waals surface area contributed by atoms with Crippen LogP contribution in [0.5, 0.6) is 11.8 Å². The van der Waals surface area contributed by atoms with E-state index in [0.29, 0.717) is 11.6 Å². The summed E-state index contributed by atoms with van der Waals surface area (Å²) in [5.74, 6) is 1.12. The number of hydrogen-bond donors (Lipinski definition) is 0. The number of ether oxygens (including phenoxy) is 1. The molecule has 0 atom stereocenters. The van der Waals surface area contributed by atoms with Gasteiger partial charge in [0.25, 0.3) is 0 Å². The summed E-state index contributed by atoms with van der Waals surface area (Å²) in [7, 11) is 0. The van der Waals surface area contributed by atoms with Crippen LogP contribution in [0.15, 0.2) is 39.5 Å². The van der Waals surface area contributed by atoms with Gasteiger partial charge >= 0.3 is 6.01 Å². The van der Waals surface area contributed by atoms with Crippen LogP contribution in [-0.4, -0.2) is 10.1 Å². The monoisotopic (exact) mass is 216 g/mol. The lowest BCUT2D eigenvalue weighted by molar-refractivity contribution is 0.355. The van der Waals surface area contributed by atoms with E-state index in [4.69, 9.17) is 13.7 Å². The molecule has 1 aromatic carbocycles. The minimum atomic E-state index is 0.209. The number of benzene rings is 1. The van der Waals surface area contributed by atoms with Crippen molar-refractivity contribution in [2.75, 3.05) is 0 Å². The highest BCUT2D eigenvalue weighted by Crippen LogP contribution is 2.24. The minimum absolute atomic E-state index is 0.209. The number of hydrogen-bond acceptors (Lipinski definition) is 5. The summed E-state index contributed by atoms with van der Waals surface area (Å²) in [6, 6.07) is 7.55. The van der Waals surface area contributed by atoms with E-state index in [-0.39, 0.29) is 6.01 Å². The average Bonchev–Trinajstić information content (AvgIpc) is 2.87. The highest BCUT2D eigenvalue weighted by Gasteiger charge is 2.05. The number of rotatable bonds is 2. The van der Waals surface area contributed by atoms with Gasteiger partial charge in [0.05, 0.1) is 6.26 Å². The van der Waals surface area contributed by atoms with Crippen molar-refractivity contribution >= 4 is 11.0 Å². The van der Waals surface area contributed by atoms with Crippen molar-refractivity contribution < 1.29 is 13.7 Å². The van der Waals surface area contributed by atoms with Crippen LogP contribution < -0.4 is 4.74 Å². The fraction of sp³-hybridized carbons (Fsp3) is 0.0909.